The largest absolute Gasteiger partial charge is 0.399 e. The standard InChI is InChI=1S/C14H11N5.ClH/c1-9-4-10(7-15)2-3-12(9)13-5-11(16)6-14-17-8-18-19(13)14;/h2-6,8H,16H2,1H3;1H. The summed E-state index contributed by atoms with van der Waals surface area (Å²) in [6.07, 6.45) is 1.50. The van der Waals surface area contributed by atoms with Crippen LogP contribution in [0.3, 0.4) is 0 Å². The smallest absolute Gasteiger partial charge is 0.158 e. The van der Waals surface area contributed by atoms with Crippen LogP contribution in [0.2, 0.25) is 0 Å². The van der Waals surface area contributed by atoms with Crippen LogP contribution in [0.5, 0.6) is 0 Å². The number of hydrogen-bond donors (Lipinski definition) is 1. The first kappa shape index (κ1) is 13.8. The minimum absolute atomic E-state index is 0. The lowest BCUT2D eigenvalue weighted by atomic mass is 10.0. The number of nitriles is 1. The van der Waals surface area contributed by atoms with Gasteiger partial charge in [0.15, 0.2) is 5.65 Å². The van der Waals surface area contributed by atoms with Crippen molar-refractivity contribution in [1.82, 2.24) is 14.6 Å². The molecule has 0 saturated carbocycles. The summed E-state index contributed by atoms with van der Waals surface area (Å²) in [5, 5.41) is 13.1. The van der Waals surface area contributed by atoms with Gasteiger partial charge in [-0.2, -0.15) is 10.4 Å². The molecule has 0 bridgehead atoms. The molecule has 5 nitrogen and oxygen atoms in total. The lowest BCUT2D eigenvalue weighted by Gasteiger charge is -2.09. The van der Waals surface area contributed by atoms with Gasteiger partial charge in [0.1, 0.15) is 6.33 Å². The first-order chi connectivity index (χ1) is 9.19. The molecule has 0 aliphatic rings. The number of benzene rings is 1. The Morgan fingerprint density at radius 1 is 1.25 bits per heavy atom. The maximum absolute atomic E-state index is 8.91. The number of nitrogen functional groups attached to an aromatic ring is 1. The molecule has 2 aromatic heterocycles. The lowest BCUT2D eigenvalue weighted by molar-refractivity contribution is 0.969. The summed E-state index contributed by atoms with van der Waals surface area (Å²) >= 11 is 0. The number of nitrogens with zero attached hydrogens (tertiary/aromatic N) is 4. The van der Waals surface area contributed by atoms with Gasteiger partial charge in [0.2, 0.25) is 0 Å². The number of pyridine rings is 1. The molecular weight excluding hydrogens is 274 g/mol. The Kier molecular flexibility index (Phi) is 3.59. The lowest BCUT2D eigenvalue weighted by Crippen LogP contribution is -1.98. The molecule has 1 aromatic carbocycles. The zero-order valence-electron chi connectivity index (χ0n) is 10.7. The van der Waals surface area contributed by atoms with Crippen molar-refractivity contribution in [3.63, 3.8) is 0 Å². The Bertz CT molecular complexity index is 816. The van der Waals surface area contributed by atoms with Crippen molar-refractivity contribution in [2.45, 2.75) is 6.92 Å². The van der Waals surface area contributed by atoms with Gasteiger partial charge in [0.05, 0.1) is 17.3 Å². The third-order valence-corrected chi connectivity index (χ3v) is 3.03. The van der Waals surface area contributed by atoms with E-state index in [9.17, 15) is 0 Å². The summed E-state index contributed by atoms with van der Waals surface area (Å²) < 4.78 is 1.74. The van der Waals surface area contributed by atoms with E-state index >= 15 is 0 Å². The van der Waals surface area contributed by atoms with Crippen LogP contribution in [0.15, 0.2) is 36.7 Å². The SMILES string of the molecule is Cc1cc(C#N)ccc1-c1cc(N)cc2ncnn12.Cl. The van der Waals surface area contributed by atoms with Gasteiger partial charge in [-0.1, -0.05) is 6.07 Å². The first-order valence-electron chi connectivity index (χ1n) is 5.79. The van der Waals surface area contributed by atoms with Gasteiger partial charge in [-0.05, 0) is 30.7 Å². The van der Waals surface area contributed by atoms with E-state index in [1.807, 2.05) is 25.1 Å². The molecule has 0 amide bonds. The maximum atomic E-state index is 8.91. The van der Waals surface area contributed by atoms with Crippen molar-refractivity contribution in [2.75, 3.05) is 5.73 Å². The number of aryl methyl sites for hydroxylation is 1. The van der Waals surface area contributed by atoms with Gasteiger partial charge in [0, 0.05) is 17.3 Å². The van der Waals surface area contributed by atoms with Crippen molar-refractivity contribution < 1.29 is 0 Å². The Morgan fingerprint density at radius 3 is 2.75 bits per heavy atom. The summed E-state index contributed by atoms with van der Waals surface area (Å²) in [5.74, 6) is 0. The van der Waals surface area contributed by atoms with Crippen LogP contribution in [0.1, 0.15) is 11.1 Å². The van der Waals surface area contributed by atoms with Crippen LogP contribution in [-0.2, 0) is 0 Å². The van der Waals surface area contributed by atoms with E-state index in [1.54, 1.807) is 16.6 Å². The molecule has 0 spiro atoms. The van der Waals surface area contributed by atoms with E-state index < -0.39 is 0 Å². The molecule has 2 N–H and O–H groups in total. The number of rotatable bonds is 1. The van der Waals surface area contributed by atoms with Gasteiger partial charge in [-0.25, -0.2) is 9.50 Å². The zero-order chi connectivity index (χ0) is 13.4. The summed E-state index contributed by atoms with van der Waals surface area (Å²) in [5.41, 5.74) is 10.7. The molecule has 100 valence electrons. The number of fused-ring (bicyclic) bond motifs is 1. The Hall–Kier alpha value is -2.58. The van der Waals surface area contributed by atoms with E-state index in [2.05, 4.69) is 16.2 Å². The monoisotopic (exact) mass is 285 g/mol. The summed E-state index contributed by atoms with van der Waals surface area (Å²) in [6.45, 7) is 1.96. The van der Waals surface area contributed by atoms with Crippen molar-refractivity contribution in [1.29, 1.82) is 5.26 Å². The molecule has 0 saturated heterocycles. The van der Waals surface area contributed by atoms with Gasteiger partial charge in [0.25, 0.3) is 0 Å². The Labute approximate surface area is 122 Å². The topological polar surface area (TPSA) is 80.0 Å². The van der Waals surface area contributed by atoms with Gasteiger partial charge >= 0.3 is 0 Å². The second-order valence-corrected chi connectivity index (χ2v) is 4.35. The second-order valence-electron chi connectivity index (χ2n) is 4.35. The van der Waals surface area contributed by atoms with E-state index in [0.29, 0.717) is 16.9 Å². The molecule has 0 unspecified atom stereocenters. The third kappa shape index (κ3) is 2.17. The first-order valence-corrected chi connectivity index (χ1v) is 5.79. The fourth-order valence-electron chi connectivity index (χ4n) is 2.16. The van der Waals surface area contributed by atoms with E-state index in [0.717, 1.165) is 16.8 Å². The number of anilines is 1. The fraction of sp³-hybridized carbons (Fsp3) is 0.0714. The number of aromatic nitrogens is 3. The van der Waals surface area contributed by atoms with E-state index in [-0.39, 0.29) is 12.4 Å². The zero-order valence-corrected chi connectivity index (χ0v) is 11.6. The molecule has 3 rings (SSSR count). The average molecular weight is 286 g/mol. The van der Waals surface area contributed by atoms with E-state index in [1.165, 1.54) is 6.33 Å². The minimum Gasteiger partial charge on any atom is -0.399 e. The molecule has 0 radical (unpaired) electrons. The number of nitrogens with two attached hydrogens (primary N) is 1. The summed E-state index contributed by atoms with van der Waals surface area (Å²) in [7, 11) is 0. The summed E-state index contributed by atoms with van der Waals surface area (Å²) in [6, 6.07) is 11.3. The number of hydrogen-bond acceptors (Lipinski definition) is 4. The highest BCUT2D eigenvalue weighted by atomic mass is 35.5. The highest BCUT2D eigenvalue weighted by molar-refractivity contribution is 5.85. The molecule has 2 heterocycles. The third-order valence-electron chi connectivity index (χ3n) is 3.03. The van der Waals surface area contributed by atoms with Crippen LogP contribution in [-0.4, -0.2) is 14.6 Å². The molecule has 0 aliphatic heterocycles. The van der Waals surface area contributed by atoms with Crippen LogP contribution in [0, 0.1) is 18.3 Å². The quantitative estimate of drug-likeness (QED) is 0.745. The van der Waals surface area contributed by atoms with Crippen molar-refractivity contribution in [3.8, 4) is 17.3 Å². The predicted molar refractivity (Wildman–Crippen MR) is 79.5 cm³/mol. The minimum atomic E-state index is 0. The van der Waals surface area contributed by atoms with Crippen molar-refractivity contribution in [3.05, 3.63) is 47.8 Å². The van der Waals surface area contributed by atoms with E-state index in [4.69, 9.17) is 11.0 Å². The predicted octanol–water partition coefficient (Wildman–Crippen LogP) is 2.58. The molecule has 6 heteroatoms. The molecule has 20 heavy (non-hydrogen) atoms. The summed E-state index contributed by atoms with van der Waals surface area (Å²) in [4.78, 5) is 4.15. The maximum Gasteiger partial charge on any atom is 0.158 e. The highest BCUT2D eigenvalue weighted by Gasteiger charge is 2.09. The van der Waals surface area contributed by atoms with Gasteiger partial charge in [-0.15, -0.1) is 12.4 Å². The van der Waals surface area contributed by atoms with Crippen LogP contribution in [0.25, 0.3) is 16.9 Å². The van der Waals surface area contributed by atoms with Crippen molar-refractivity contribution in [2.24, 2.45) is 0 Å². The van der Waals surface area contributed by atoms with Gasteiger partial charge in [-0.3, -0.25) is 0 Å². The molecular formula is C14H12ClN5. The van der Waals surface area contributed by atoms with Crippen LogP contribution >= 0.6 is 12.4 Å². The molecule has 0 aliphatic carbocycles. The second kappa shape index (κ2) is 5.19. The van der Waals surface area contributed by atoms with Crippen LogP contribution in [0.4, 0.5) is 5.69 Å². The highest BCUT2D eigenvalue weighted by Crippen LogP contribution is 2.26. The Morgan fingerprint density at radius 2 is 2.05 bits per heavy atom. The Balaban J connectivity index is 0.00000147. The number of halogens is 1. The molecule has 3 aromatic rings. The molecule has 0 fully saturated rings. The average Bonchev–Trinajstić information content (AvgIpc) is 2.85. The van der Waals surface area contributed by atoms with Crippen LogP contribution < -0.4 is 5.73 Å². The van der Waals surface area contributed by atoms with Gasteiger partial charge < -0.3 is 5.73 Å². The van der Waals surface area contributed by atoms with Crippen molar-refractivity contribution >= 4 is 23.7 Å². The normalized spacial score (nSPS) is 10.0. The fourth-order valence-corrected chi connectivity index (χ4v) is 2.16. The molecule has 0 atom stereocenters.